The Labute approximate surface area is 265 Å². The number of carbonyl (C=O) groups is 3. The molecule has 0 unspecified atom stereocenters. The number of urea groups is 1. The first-order valence-electron chi connectivity index (χ1n) is 15.1. The molecule has 1 atom stereocenters. The van der Waals surface area contributed by atoms with E-state index in [1.165, 1.54) is 26.5 Å². The molecule has 0 bridgehead atoms. The van der Waals surface area contributed by atoms with Gasteiger partial charge >= 0.3 is 12.1 Å². The average molecular weight is 634 g/mol. The van der Waals surface area contributed by atoms with Crippen LogP contribution in [0.4, 0.5) is 29.9 Å². The van der Waals surface area contributed by atoms with Gasteiger partial charge in [-0.3, -0.25) is 14.4 Å². The minimum atomic E-state index is -1.52. The highest BCUT2D eigenvalue weighted by Crippen LogP contribution is 2.45. The Hall–Kier alpha value is -4.81. The maximum Gasteiger partial charge on any atom is 0.410 e. The molecular weight excluding hydrogens is 596 g/mol. The van der Waals surface area contributed by atoms with E-state index in [0.29, 0.717) is 40.0 Å². The van der Waals surface area contributed by atoms with Gasteiger partial charge in [-0.1, -0.05) is 0 Å². The van der Waals surface area contributed by atoms with Crippen molar-refractivity contribution in [2.24, 2.45) is 7.05 Å². The van der Waals surface area contributed by atoms with Crippen LogP contribution < -0.4 is 9.80 Å². The van der Waals surface area contributed by atoms with Crippen molar-refractivity contribution in [3.63, 3.8) is 0 Å². The quantitative estimate of drug-likeness (QED) is 0.247. The Balaban J connectivity index is 1.55. The molecular formula is C33H37F2N7O4. The van der Waals surface area contributed by atoms with Crippen LogP contribution in [0.5, 0.6) is 0 Å². The number of carbonyl (C=O) groups excluding carboxylic acids is 3. The molecule has 6 rings (SSSR count). The summed E-state index contributed by atoms with van der Waals surface area (Å²) in [5.74, 6) is -1.58. The number of aryl methyl sites for hydroxylation is 3. The van der Waals surface area contributed by atoms with Gasteiger partial charge in [0, 0.05) is 25.6 Å². The molecule has 0 radical (unpaired) electrons. The van der Waals surface area contributed by atoms with Crippen molar-refractivity contribution in [3.8, 4) is 5.69 Å². The molecule has 46 heavy (non-hydrogen) atoms. The predicted octanol–water partition coefficient (Wildman–Crippen LogP) is 6.26. The van der Waals surface area contributed by atoms with Gasteiger partial charge in [-0.15, -0.1) is 0 Å². The molecule has 4 aromatic rings. The second-order valence-electron chi connectivity index (χ2n) is 13.5. The van der Waals surface area contributed by atoms with Crippen molar-refractivity contribution < 1.29 is 27.9 Å². The molecule has 2 aliphatic heterocycles. The van der Waals surface area contributed by atoms with Gasteiger partial charge in [0.15, 0.2) is 11.6 Å². The van der Waals surface area contributed by atoms with Crippen LogP contribution in [0.25, 0.3) is 16.6 Å². The van der Waals surface area contributed by atoms with Crippen LogP contribution in [-0.2, 0) is 23.0 Å². The second-order valence-corrected chi connectivity index (χ2v) is 13.5. The van der Waals surface area contributed by atoms with Crippen LogP contribution in [0, 0.1) is 25.5 Å². The Morgan fingerprint density at radius 3 is 2.35 bits per heavy atom. The van der Waals surface area contributed by atoms with E-state index in [1.807, 2.05) is 0 Å². The Morgan fingerprint density at radius 2 is 1.72 bits per heavy atom. The summed E-state index contributed by atoms with van der Waals surface area (Å²) < 4.78 is 39.4. The Morgan fingerprint density at radius 1 is 1.07 bits per heavy atom. The maximum atomic E-state index is 16.0. The van der Waals surface area contributed by atoms with Gasteiger partial charge in [0.1, 0.15) is 17.0 Å². The Bertz CT molecular complexity index is 1930. The number of rotatable bonds is 3. The lowest BCUT2D eigenvalue weighted by Gasteiger charge is -2.35. The van der Waals surface area contributed by atoms with E-state index in [2.05, 4.69) is 5.10 Å². The van der Waals surface area contributed by atoms with Gasteiger partial charge in [-0.05, 0) is 90.8 Å². The highest BCUT2D eigenvalue weighted by Gasteiger charge is 2.56. The standard InChI is InChI=1S/C33H37F2N7O4/c1-17-14-20(15-18(2)26(17)34)42-28(25-19(3)39(13-12-22(25)37-42)31(45)46-32(4,5)6)40-29(43)33(7,8)41(30(40)44)24-11-10-23-21(27(24)35)16-36-38(23)9/h10-11,14-16,19H,12-13H2,1-9H3/t19-/m0/s1. The van der Waals surface area contributed by atoms with Gasteiger partial charge in [0.25, 0.3) is 5.91 Å². The normalized spacial score (nSPS) is 18.2. The molecule has 13 heteroatoms. The summed E-state index contributed by atoms with van der Waals surface area (Å²) in [5.41, 5.74) is 0.349. The summed E-state index contributed by atoms with van der Waals surface area (Å²) in [7, 11) is 1.68. The highest BCUT2D eigenvalue weighted by molar-refractivity contribution is 6.30. The van der Waals surface area contributed by atoms with Crippen molar-refractivity contribution >= 4 is 40.4 Å². The smallest absolute Gasteiger partial charge is 0.410 e. The molecule has 0 spiro atoms. The molecule has 0 aliphatic carbocycles. The van der Waals surface area contributed by atoms with E-state index in [4.69, 9.17) is 9.84 Å². The predicted molar refractivity (Wildman–Crippen MR) is 168 cm³/mol. The van der Waals surface area contributed by atoms with Crippen LogP contribution >= 0.6 is 0 Å². The van der Waals surface area contributed by atoms with Crippen LogP contribution in [-0.4, -0.2) is 60.2 Å². The summed E-state index contributed by atoms with van der Waals surface area (Å²) in [6.45, 7) is 13.7. The lowest BCUT2D eigenvalue weighted by Crippen LogP contribution is -2.45. The van der Waals surface area contributed by atoms with Gasteiger partial charge < -0.3 is 9.64 Å². The van der Waals surface area contributed by atoms with Gasteiger partial charge in [0.2, 0.25) is 0 Å². The van der Waals surface area contributed by atoms with Crippen LogP contribution in [0.1, 0.15) is 70.0 Å². The molecule has 4 heterocycles. The molecule has 2 aliphatic rings. The first kappa shape index (κ1) is 31.2. The molecule has 0 N–H and O–H groups in total. The number of ether oxygens (including phenoxy) is 1. The number of imide groups is 1. The third-order valence-corrected chi connectivity index (χ3v) is 8.71. The van der Waals surface area contributed by atoms with E-state index in [0.717, 1.165) is 9.80 Å². The summed E-state index contributed by atoms with van der Waals surface area (Å²) in [4.78, 5) is 45.9. The van der Waals surface area contributed by atoms with E-state index in [9.17, 15) is 18.8 Å². The zero-order chi connectivity index (χ0) is 33.6. The molecule has 1 fully saturated rings. The van der Waals surface area contributed by atoms with E-state index in [-0.39, 0.29) is 29.3 Å². The van der Waals surface area contributed by atoms with Crippen molar-refractivity contribution in [1.82, 2.24) is 24.5 Å². The lowest BCUT2D eigenvalue weighted by molar-refractivity contribution is -0.120. The van der Waals surface area contributed by atoms with Crippen molar-refractivity contribution in [1.29, 1.82) is 0 Å². The SMILES string of the molecule is Cc1cc(-n2nc3c(c2N2C(=O)N(c4ccc5c(cnn5C)c4F)C(C)(C)C2=O)[C@H](C)N(C(=O)OC(C)(C)C)CC3)cc(C)c1F. The number of fused-ring (bicyclic) bond motifs is 2. The highest BCUT2D eigenvalue weighted by atomic mass is 19.1. The maximum absolute atomic E-state index is 16.0. The zero-order valence-electron chi connectivity index (χ0n) is 27.4. The third-order valence-electron chi connectivity index (χ3n) is 8.71. The number of halogens is 2. The number of hydrogen-bond donors (Lipinski definition) is 0. The van der Waals surface area contributed by atoms with E-state index >= 15 is 4.39 Å². The van der Waals surface area contributed by atoms with E-state index < -0.39 is 41.0 Å². The molecule has 1 saturated heterocycles. The molecule has 242 valence electrons. The minimum Gasteiger partial charge on any atom is -0.444 e. The fraction of sp³-hybridized carbons (Fsp3) is 0.424. The summed E-state index contributed by atoms with van der Waals surface area (Å²) in [5, 5.41) is 9.17. The zero-order valence-corrected chi connectivity index (χ0v) is 27.4. The summed E-state index contributed by atoms with van der Waals surface area (Å²) in [6, 6.07) is 4.83. The molecule has 4 amide bonds. The number of benzene rings is 2. The molecule has 2 aromatic carbocycles. The fourth-order valence-corrected chi connectivity index (χ4v) is 6.41. The van der Waals surface area contributed by atoms with Crippen molar-refractivity contribution in [3.05, 3.63) is 64.5 Å². The fourth-order valence-electron chi connectivity index (χ4n) is 6.41. The number of amides is 4. The summed E-state index contributed by atoms with van der Waals surface area (Å²) >= 11 is 0. The largest absolute Gasteiger partial charge is 0.444 e. The molecule has 11 nitrogen and oxygen atoms in total. The minimum absolute atomic E-state index is 0.0804. The first-order valence-corrected chi connectivity index (χ1v) is 15.1. The first-order chi connectivity index (χ1) is 21.4. The van der Waals surface area contributed by atoms with Gasteiger partial charge in [-0.2, -0.15) is 10.2 Å². The third kappa shape index (κ3) is 4.62. The van der Waals surface area contributed by atoms with Crippen LogP contribution in [0.15, 0.2) is 30.5 Å². The van der Waals surface area contributed by atoms with Gasteiger partial charge in [0.05, 0.1) is 40.2 Å². The lowest BCUT2D eigenvalue weighted by atomic mass is 9.98. The molecule has 0 saturated carbocycles. The monoisotopic (exact) mass is 633 g/mol. The van der Waals surface area contributed by atoms with E-state index in [1.54, 1.807) is 80.6 Å². The van der Waals surface area contributed by atoms with Crippen LogP contribution in [0.3, 0.4) is 0 Å². The number of nitrogens with zero attached hydrogens (tertiary/aromatic N) is 7. The topological polar surface area (TPSA) is 106 Å². The van der Waals surface area contributed by atoms with Crippen molar-refractivity contribution in [2.75, 3.05) is 16.3 Å². The Kier molecular flexibility index (Phi) is 7.02. The number of aromatic nitrogens is 4. The number of hydrogen-bond acceptors (Lipinski definition) is 6. The molecule has 2 aromatic heterocycles. The van der Waals surface area contributed by atoms with Gasteiger partial charge in [-0.25, -0.2) is 28.0 Å². The summed E-state index contributed by atoms with van der Waals surface area (Å²) in [6.07, 6.45) is 1.14. The second kappa shape index (κ2) is 10.4. The van der Waals surface area contributed by atoms with Crippen molar-refractivity contribution in [2.45, 2.75) is 79.0 Å². The number of anilines is 2. The van der Waals surface area contributed by atoms with Crippen LogP contribution in [0.2, 0.25) is 0 Å². The average Bonchev–Trinajstić information content (AvgIpc) is 3.58.